The molecule has 0 saturated carbocycles. The molecule has 1 saturated heterocycles. The molecule has 1 aliphatic rings. The Bertz CT molecular complexity index is 439. The Labute approximate surface area is 108 Å². The third-order valence-electron chi connectivity index (χ3n) is 2.77. The number of hydrogen-bond donors (Lipinski definition) is 0. The smallest absolute Gasteiger partial charge is 0.273 e. The average Bonchev–Trinajstić information content (AvgIpc) is 2.67. The second-order valence-electron chi connectivity index (χ2n) is 4.16. The van der Waals surface area contributed by atoms with Crippen LogP contribution in [0.5, 0.6) is 5.75 Å². The highest BCUT2D eigenvalue weighted by atomic mass is 79.9. The Morgan fingerprint density at radius 3 is 2.94 bits per heavy atom. The van der Waals surface area contributed by atoms with E-state index in [1.165, 1.54) is 12.1 Å². The summed E-state index contributed by atoms with van der Waals surface area (Å²) in [7, 11) is 2.03. The van der Waals surface area contributed by atoms with Crippen LogP contribution in [0.25, 0.3) is 0 Å². The van der Waals surface area contributed by atoms with Gasteiger partial charge in [0.25, 0.3) is 5.69 Å². The molecule has 6 heteroatoms. The highest BCUT2D eigenvalue weighted by Crippen LogP contribution is 2.31. The molecule has 1 aromatic carbocycles. The van der Waals surface area contributed by atoms with Crippen LogP contribution >= 0.6 is 15.9 Å². The van der Waals surface area contributed by atoms with Crippen LogP contribution in [0.1, 0.15) is 6.42 Å². The summed E-state index contributed by atoms with van der Waals surface area (Å²) in [6.07, 6.45) is 1.06. The van der Waals surface area contributed by atoms with Crippen molar-refractivity contribution in [3.63, 3.8) is 0 Å². The van der Waals surface area contributed by atoms with E-state index < -0.39 is 4.92 Å². The lowest BCUT2D eigenvalue weighted by Crippen LogP contribution is -2.21. The van der Waals surface area contributed by atoms with Crippen molar-refractivity contribution < 1.29 is 9.66 Å². The first kappa shape index (κ1) is 12.3. The number of non-ortho nitro benzene ring substituents is 1. The van der Waals surface area contributed by atoms with E-state index >= 15 is 0 Å². The molecule has 1 heterocycles. The molecule has 0 bridgehead atoms. The molecule has 0 radical (unpaired) electrons. The lowest BCUT2D eigenvalue weighted by molar-refractivity contribution is -0.385. The van der Waals surface area contributed by atoms with Crippen LogP contribution in [-0.2, 0) is 0 Å². The summed E-state index contributed by atoms with van der Waals surface area (Å²) < 4.78 is 6.52. The summed E-state index contributed by atoms with van der Waals surface area (Å²) in [6.45, 7) is 1.85. The van der Waals surface area contributed by atoms with Crippen LogP contribution in [0.3, 0.4) is 0 Å². The van der Waals surface area contributed by atoms with Gasteiger partial charge in [0.1, 0.15) is 11.9 Å². The quantitative estimate of drug-likeness (QED) is 0.635. The molecule has 0 unspecified atom stereocenters. The van der Waals surface area contributed by atoms with Crippen LogP contribution in [0, 0.1) is 10.1 Å². The van der Waals surface area contributed by atoms with E-state index in [1.807, 2.05) is 7.05 Å². The van der Waals surface area contributed by atoms with Gasteiger partial charge in [-0.25, -0.2) is 0 Å². The predicted octanol–water partition coefficient (Wildman–Crippen LogP) is 2.44. The summed E-state index contributed by atoms with van der Waals surface area (Å²) in [4.78, 5) is 12.4. The van der Waals surface area contributed by atoms with E-state index in [0.29, 0.717) is 5.75 Å². The minimum Gasteiger partial charge on any atom is -0.488 e. The van der Waals surface area contributed by atoms with E-state index in [0.717, 1.165) is 24.0 Å². The zero-order valence-corrected chi connectivity index (χ0v) is 11.0. The molecule has 1 fully saturated rings. The van der Waals surface area contributed by atoms with Gasteiger partial charge in [-0.15, -0.1) is 0 Å². The monoisotopic (exact) mass is 300 g/mol. The van der Waals surface area contributed by atoms with Crippen molar-refractivity contribution in [1.82, 2.24) is 4.90 Å². The van der Waals surface area contributed by atoms with Crippen LogP contribution in [0.4, 0.5) is 5.69 Å². The molecule has 0 aliphatic carbocycles. The predicted molar refractivity (Wildman–Crippen MR) is 67.3 cm³/mol. The van der Waals surface area contributed by atoms with Crippen molar-refractivity contribution in [3.05, 3.63) is 32.8 Å². The molecule has 0 N–H and O–H groups in total. The molecule has 1 aromatic rings. The van der Waals surface area contributed by atoms with Gasteiger partial charge in [-0.2, -0.15) is 0 Å². The largest absolute Gasteiger partial charge is 0.488 e. The molecule has 0 aromatic heterocycles. The van der Waals surface area contributed by atoms with Gasteiger partial charge in [0.05, 0.1) is 15.5 Å². The minimum atomic E-state index is -0.417. The van der Waals surface area contributed by atoms with Crippen molar-refractivity contribution in [2.45, 2.75) is 12.5 Å². The van der Waals surface area contributed by atoms with Gasteiger partial charge in [0.15, 0.2) is 0 Å². The molecule has 2 rings (SSSR count). The van der Waals surface area contributed by atoms with Crippen LogP contribution in [-0.4, -0.2) is 36.1 Å². The van der Waals surface area contributed by atoms with Gasteiger partial charge in [0.2, 0.25) is 0 Å². The molecular formula is C11H13BrN2O3. The Balaban J connectivity index is 2.14. The van der Waals surface area contributed by atoms with Crippen molar-refractivity contribution in [1.29, 1.82) is 0 Å². The molecule has 92 valence electrons. The highest BCUT2D eigenvalue weighted by molar-refractivity contribution is 9.10. The Morgan fingerprint density at radius 2 is 2.35 bits per heavy atom. The van der Waals surface area contributed by atoms with Gasteiger partial charge < -0.3 is 9.64 Å². The number of ether oxygens (including phenoxy) is 1. The fourth-order valence-electron chi connectivity index (χ4n) is 1.87. The topological polar surface area (TPSA) is 55.6 Å². The standard InChI is InChI=1S/C11H13BrN2O3/c1-13-5-4-9(7-13)17-11-6-8(14(15)16)2-3-10(11)12/h2-3,6,9H,4-5,7H2,1H3/t9-/m1/s1. The summed E-state index contributed by atoms with van der Waals surface area (Å²) in [5.41, 5.74) is 0.0505. The lowest BCUT2D eigenvalue weighted by atomic mass is 10.3. The third-order valence-corrected chi connectivity index (χ3v) is 3.42. The number of nitro groups is 1. The number of nitrogens with zero attached hydrogens (tertiary/aromatic N) is 2. The van der Waals surface area contributed by atoms with Gasteiger partial charge >= 0.3 is 0 Å². The first-order valence-electron chi connectivity index (χ1n) is 5.35. The molecule has 0 amide bonds. The number of rotatable bonds is 3. The van der Waals surface area contributed by atoms with E-state index in [-0.39, 0.29) is 11.8 Å². The fourth-order valence-corrected chi connectivity index (χ4v) is 2.21. The van der Waals surface area contributed by atoms with Crippen molar-refractivity contribution in [2.24, 2.45) is 0 Å². The number of benzene rings is 1. The second-order valence-corrected chi connectivity index (χ2v) is 5.02. The number of hydrogen-bond acceptors (Lipinski definition) is 4. The van der Waals surface area contributed by atoms with Crippen LogP contribution in [0.15, 0.2) is 22.7 Å². The van der Waals surface area contributed by atoms with Gasteiger partial charge in [-0.1, -0.05) is 0 Å². The molecule has 1 aliphatic heterocycles. The zero-order valence-electron chi connectivity index (χ0n) is 9.43. The van der Waals surface area contributed by atoms with Crippen molar-refractivity contribution in [2.75, 3.05) is 20.1 Å². The minimum absolute atomic E-state index is 0.0505. The Hall–Kier alpha value is -1.14. The first-order valence-corrected chi connectivity index (χ1v) is 6.14. The number of likely N-dealkylation sites (tertiary alicyclic amines) is 1. The van der Waals surface area contributed by atoms with E-state index in [1.54, 1.807) is 6.07 Å². The number of nitro benzene ring substituents is 1. The molecule has 0 spiro atoms. The molecule has 1 atom stereocenters. The normalized spacial score (nSPS) is 20.5. The van der Waals surface area contributed by atoms with E-state index in [4.69, 9.17) is 4.74 Å². The zero-order chi connectivity index (χ0) is 12.4. The molecule has 5 nitrogen and oxygen atoms in total. The van der Waals surface area contributed by atoms with Gasteiger partial charge in [-0.3, -0.25) is 10.1 Å². The first-order chi connectivity index (χ1) is 8.06. The molecule has 17 heavy (non-hydrogen) atoms. The van der Waals surface area contributed by atoms with Crippen molar-refractivity contribution in [3.8, 4) is 5.75 Å². The maximum absolute atomic E-state index is 10.7. The highest BCUT2D eigenvalue weighted by Gasteiger charge is 2.22. The third kappa shape index (κ3) is 2.95. The van der Waals surface area contributed by atoms with Crippen molar-refractivity contribution >= 4 is 21.6 Å². The number of halogens is 1. The molecular weight excluding hydrogens is 288 g/mol. The summed E-state index contributed by atoms with van der Waals surface area (Å²) in [5, 5.41) is 10.7. The van der Waals surface area contributed by atoms with Crippen LogP contribution in [0.2, 0.25) is 0 Å². The van der Waals surface area contributed by atoms with Gasteiger partial charge in [-0.05, 0) is 35.5 Å². The van der Waals surface area contributed by atoms with E-state index in [2.05, 4.69) is 20.8 Å². The van der Waals surface area contributed by atoms with Crippen LogP contribution < -0.4 is 4.74 Å². The number of likely N-dealkylation sites (N-methyl/N-ethyl adjacent to an activating group) is 1. The summed E-state index contributed by atoms with van der Waals surface area (Å²) in [6, 6.07) is 4.56. The maximum Gasteiger partial charge on any atom is 0.273 e. The average molecular weight is 301 g/mol. The Kier molecular flexibility index (Phi) is 3.63. The Morgan fingerprint density at radius 1 is 1.59 bits per heavy atom. The maximum atomic E-state index is 10.7. The lowest BCUT2D eigenvalue weighted by Gasteiger charge is -2.14. The summed E-state index contributed by atoms with van der Waals surface area (Å²) in [5.74, 6) is 0.541. The SMILES string of the molecule is CN1CC[C@@H](Oc2cc([N+](=O)[O-])ccc2Br)C1. The fraction of sp³-hybridized carbons (Fsp3) is 0.455. The summed E-state index contributed by atoms with van der Waals surface area (Å²) >= 11 is 3.34. The second kappa shape index (κ2) is 5.01. The van der Waals surface area contributed by atoms with E-state index in [9.17, 15) is 10.1 Å². The van der Waals surface area contributed by atoms with Gasteiger partial charge in [0, 0.05) is 19.2 Å².